The molecule has 0 spiro atoms. The molecule has 2 aromatic rings. The molecule has 1 atom stereocenters. The smallest absolute Gasteiger partial charge is 0.247 e. The van der Waals surface area contributed by atoms with E-state index in [1.165, 1.54) is 49.4 Å². The van der Waals surface area contributed by atoms with Gasteiger partial charge in [-0.3, -0.25) is 9.10 Å². The van der Waals surface area contributed by atoms with Crippen LogP contribution in [0.5, 0.6) is 0 Å². The quantitative estimate of drug-likeness (QED) is 0.820. The number of amides is 1. The maximum absolute atomic E-state index is 12.9. The second-order valence-electron chi connectivity index (χ2n) is 5.33. The maximum Gasteiger partial charge on any atom is 0.247 e. The molecular weight excluding hydrogens is 390 g/mol. The molecule has 134 valence electrons. The van der Waals surface area contributed by atoms with Gasteiger partial charge in [0, 0.05) is 10.7 Å². The van der Waals surface area contributed by atoms with Crippen LogP contribution in [0, 0.1) is 5.82 Å². The average Bonchev–Trinajstić information content (AvgIpc) is 2.51. The standard InChI is InChI=1S/C16H15Cl2FN2O3S/c1-10(16(22)20-13-6-4-12(19)5-7-13)21(25(2,23)24)15-9-11(17)3-8-14(15)18/h3-10H,1-2H3,(H,20,22). The molecule has 2 rings (SSSR count). The van der Waals surface area contributed by atoms with Gasteiger partial charge in [-0.15, -0.1) is 0 Å². The lowest BCUT2D eigenvalue weighted by Gasteiger charge is -2.29. The van der Waals surface area contributed by atoms with E-state index in [9.17, 15) is 17.6 Å². The molecule has 5 nitrogen and oxygen atoms in total. The Morgan fingerprint density at radius 2 is 1.76 bits per heavy atom. The average molecular weight is 405 g/mol. The van der Waals surface area contributed by atoms with Crippen molar-refractivity contribution in [3.8, 4) is 0 Å². The van der Waals surface area contributed by atoms with Crippen molar-refractivity contribution in [2.75, 3.05) is 15.9 Å². The summed E-state index contributed by atoms with van der Waals surface area (Å²) in [5.74, 6) is -1.05. The zero-order chi connectivity index (χ0) is 18.8. The first-order valence-corrected chi connectivity index (χ1v) is 9.71. The monoisotopic (exact) mass is 404 g/mol. The van der Waals surface area contributed by atoms with Crippen molar-refractivity contribution in [1.29, 1.82) is 0 Å². The van der Waals surface area contributed by atoms with E-state index in [2.05, 4.69) is 5.32 Å². The summed E-state index contributed by atoms with van der Waals surface area (Å²) in [4.78, 5) is 12.5. The molecule has 0 aliphatic heterocycles. The number of carbonyl (C=O) groups excluding carboxylic acids is 1. The zero-order valence-corrected chi connectivity index (χ0v) is 15.7. The summed E-state index contributed by atoms with van der Waals surface area (Å²) < 4.78 is 38.3. The number of nitrogens with zero attached hydrogens (tertiary/aromatic N) is 1. The Bertz CT molecular complexity index is 889. The molecule has 0 aliphatic rings. The highest BCUT2D eigenvalue weighted by atomic mass is 35.5. The molecule has 0 aliphatic carbocycles. The molecule has 0 saturated heterocycles. The van der Waals surface area contributed by atoms with E-state index < -0.39 is 27.8 Å². The molecular formula is C16H15Cl2FN2O3S. The van der Waals surface area contributed by atoms with Crippen LogP contribution in [-0.4, -0.2) is 26.6 Å². The number of halogens is 3. The van der Waals surface area contributed by atoms with E-state index in [-0.39, 0.29) is 15.7 Å². The molecule has 2 aromatic carbocycles. The zero-order valence-electron chi connectivity index (χ0n) is 13.3. The van der Waals surface area contributed by atoms with Crippen LogP contribution in [0.4, 0.5) is 15.8 Å². The normalized spacial score (nSPS) is 12.5. The number of rotatable bonds is 5. The first kappa shape index (κ1) is 19.5. The van der Waals surface area contributed by atoms with E-state index in [4.69, 9.17) is 23.2 Å². The van der Waals surface area contributed by atoms with Gasteiger partial charge >= 0.3 is 0 Å². The SMILES string of the molecule is CC(C(=O)Nc1ccc(F)cc1)N(c1cc(Cl)ccc1Cl)S(C)(=O)=O. The van der Waals surface area contributed by atoms with E-state index >= 15 is 0 Å². The fourth-order valence-corrected chi connectivity index (χ4v) is 3.82. The van der Waals surface area contributed by atoms with Gasteiger partial charge in [0.05, 0.1) is 17.0 Å². The molecule has 1 unspecified atom stereocenters. The molecule has 0 radical (unpaired) electrons. The van der Waals surface area contributed by atoms with Crippen LogP contribution in [0.3, 0.4) is 0 Å². The highest BCUT2D eigenvalue weighted by molar-refractivity contribution is 7.92. The Kier molecular flexibility index (Phi) is 5.92. The van der Waals surface area contributed by atoms with Crippen LogP contribution >= 0.6 is 23.2 Å². The minimum Gasteiger partial charge on any atom is -0.324 e. The first-order chi connectivity index (χ1) is 11.6. The van der Waals surface area contributed by atoms with Crippen LogP contribution < -0.4 is 9.62 Å². The summed E-state index contributed by atoms with van der Waals surface area (Å²) in [7, 11) is -3.83. The number of anilines is 2. The predicted molar refractivity (Wildman–Crippen MR) is 98.3 cm³/mol. The summed E-state index contributed by atoms with van der Waals surface area (Å²) in [5, 5.41) is 2.95. The minimum absolute atomic E-state index is 0.0958. The van der Waals surface area contributed by atoms with Crippen molar-refractivity contribution in [2.45, 2.75) is 13.0 Å². The van der Waals surface area contributed by atoms with Crippen LogP contribution in [0.2, 0.25) is 10.0 Å². The molecule has 1 N–H and O–H groups in total. The highest BCUT2D eigenvalue weighted by Crippen LogP contribution is 2.32. The van der Waals surface area contributed by atoms with Gasteiger partial charge in [0.15, 0.2) is 0 Å². The lowest BCUT2D eigenvalue weighted by Crippen LogP contribution is -2.45. The first-order valence-electron chi connectivity index (χ1n) is 7.10. The van der Waals surface area contributed by atoms with E-state index in [1.807, 2.05) is 0 Å². The van der Waals surface area contributed by atoms with E-state index in [0.29, 0.717) is 5.69 Å². The third kappa shape index (κ3) is 4.84. The summed E-state index contributed by atoms with van der Waals surface area (Å²) in [5.41, 5.74) is 0.433. The lowest BCUT2D eigenvalue weighted by atomic mass is 10.2. The number of hydrogen-bond acceptors (Lipinski definition) is 3. The van der Waals surface area contributed by atoms with Gasteiger partial charge < -0.3 is 5.32 Å². The summed E-state index contributed by atoms with van der Waals surface area (Å²) in [6, 6.07) is 8.32. The van der Waals surface area contributed by atoms with Crippen LogP contribution in [-0.2, 0) is 14.8 Å². The minimum atomic E-state index is -3.83. The third-order valence-electron chi connectivity index (χ3n) is 3.35. The molecule has 1 amide bonds. The van der Waals surface area contributed by atoms with Crippen molar-refractivity contribution in [3.05, 3.63) is 58.3 Å². The molecule has 25 heavy (non-hydrogen) atoms. The fourth-order valence-electron chi connectivity index (χ4n) is 2.22. The van der Waals surface area contributed by atoms with Crippen molar-refractivity contribution in [1.82, 2.24) is 0 Å². The van der Waals surface area contributed by atoms with Crippen molar-refractivity contribution in [3.63, 3.8) is 0 Å². The fraction of sp³-hybridized carbons (Fsp3) is 0.188. The van der Waals surface area contributed by atoms with Gasteiger partial charge in [0.25, 0.3) is 0 Å². The van der Waals surface area contributed by atoms with Crippen LogP contribution in [0.1, 0.15) is 6.92 Å². The van der Waals surface area contributed by atoms with Crippen LogP contribution in [0.15, 0.2) is 42.5 Å². The van der Waals surface area contributed by atoms with Gasteiger partial charge in [0.2, 0.25) is 15.9 Å². The second kappa shape index (κ2) is 7.59. The van der Waals surface area contributed by atoms with E-state index in [1.54, 1.807) is 0 Å². The van der Waals surface area contributed by atoms with Gasteiger partial charge in [-0.25, -0.2) is 12.8 Å². The highest BCUT2D eigenvalue weighted by Gasteiger charge is 2.30. The number of carbonyl (C=O) groups is 1. The Morgan fingerprint density at radius 1 is 1.16 bits per heavy atom. The van der Waals surface area contributed by atoms with Crippen molar-refractivity contribution < 1.29 is 17.6 Å². The number of sulfonamides is 1. The van der Waals surface area contributed by atoms with Crippen LogP contribution in [0.25, 0.3) is 0 Å². The Hall–Kier alpha value is -1.83. The number of hydrogen-bond donors (Lipinski definition) is 1. The predicted octanol–water partition coefficient (Wildman–Crippen LogP) is 3.93. The van der Waals surface area contributed by atoms with Gasteiger partial charge in [-0.2, -0.15) is 0 Å². The molecule has 0 aromatic heterocycles. The molecule has 0 heterocycles. The topological polar surface area (TPSA) is 66.5 Å². The summed E-state index contributed by atoms with van der Waals surface area (Å²) >= 11 is 12.0. The Balaban J connectivity index is 2.36. The summed E-state index contributed by atoms with van der Waals surface area (Å²) in [6.45, 7) is 1.41. The Labute approximate surface area is 155 Å². The number of nitrogens with one attached hydrogen (secondary N) is 1. The maximum atomic E-state index is 12.9. The Morgan fingerprint density at radius 3 is 2.32 bits per heavy atom. The molecule has 9 heteroatoms. The van der Waals surface area contributed by atoms with Gasteiger partial charge in [-0.1, -0.05) is 23.2 Å². The molecule has 0 bridgehead atoms. The summed E-state index contributed by atoms with van der Waals surface area (Å²) in [6.07, 6.45) is 0.964. The van der Waals surface area contributed by atoms with E-state index in [0.717, 1.165) is 10.6 Å². The second-order valence-corrected chi connectivity index (χ2v) is 8.03. The molecule has 0 saturated carbocycles. The largest absolute Gasteiger partial charge is 0.324 e. The van der Waals surface area contributed by atoms with Gasteiger partial charge in [0.1, 0.15) is 11.9 Å². The van der Waals surface area contributed by atoms with Crippen molar-refractivity contribution in [2.24, 2.45) is 0 Å². The van der Waals surface area contributed by atoms with Gasteiger partial charge in [-0.05, 0) is 49.4 Å². The third-order valence-corrected chi connectivity index (χ3v) is 5.13. The molecule has 0 fully saturated rings. The van der Waals surface area contributed by atoms with Crippen molar-refractivity contribution >= 4 is 50.5 Å². The number of benzene rings is 2. The lowest BCUT2D eigenvalue weighted by molar-refractivity contribution is -0.116.